The van der Waals surface area contributed by atoms with Gasteiger partial charge in [-0.15, -0.1) is 0 Å². The predicted octanol–water partition coefficient (Wildman–Crippen LogP) is -1.88. The Morgan fingerprint density at radius 1 is 0.917 bits per heavy atom. The topological polar surface area (TPSA) is 93.0 Å². The number of aliphatic hydroxyl groups excluding tert-OH is 2. The maximum absolute atomic E-state index is 8.81. The molecule has 0 aromatic heterocycles. The van der Waals surface area contributed by atoms with Crippen molar-refractivity contribution in [2.45, 2.75) is 43.9 Å². The van der Waals surface area contributed by atoms with Gasteiger partial charge in [-0.1, -0.05) is 0 Å². The zero-order chi connectivity index (χ0) is 9.14. The zero-order valence-electron chi connectivity index (χ0n) is 6.72. The summed E-state index contributed by atoms with van der Waals surface area (Å²) in [4.78, 5) is 0. The van der Waals surface area contributed by atoms with E-state index in [1.165, 1.54) is 0 Å². The fourth-order valence-corrected chi connectivity index (χ4v) is 1.47. The molecule has 12 heavy (non-hydrogen) atoms. The van der Waals surface area contributed by atoms with E-state index in [1.807, 2.05) is 0 Å². The first kappa shape index (κ1) is 9.88. The van der Waals surface area contributed by atoms with Crippen molar-refractivity contribution in [2.24, 2.45) is 0 Å². The molecule has 0 saturated carbocycles. The minimum atomic E-state index is -1.42. The summed E-state index contributed by atoms with van der Waals surface area (Å²) in [6, 6.07) is -0.879. The third kappa shape index (κ3) is 2.40. The molecule has 1 aliphatic rings. The highest BCUT2D eigenvalue weighted by Crippen LogP contribution is 2.15. The zero-order valence-corrected chi connectivity index (χ0v) is 6.72. The van der Waals surface area contributed by atoms with E-state index in [1.54, 1.807) is 0 Å². The van der Waals surface area contributed by atoms with Gasteiger partial charge in [0.15, 0.2) is 12.6 Å². The van der Waals surface area contributed by atoms with Crippen molar-refractivity contribution in [3.63, 3.8) is 0 Å². The molecule has 0 bridgehead atoms. The maximum atomic E-state index is 8.81. The van der Waals surface area contributed by atoms with E-state index in [9.17, 15) is 0 Å². The van der Waals surface area contributed by atoms with Crippen LogP contribution in [0, 0.1) is 0 Å². The van der Waals surface area contributed by atoms with E-state index in [2.05, 4.69) is 5.32 Å². The molecular weight excluding hydrogens is 162 g/mol. The number of hydrogen-bond donors (Lipinski definition) is 5. The van der Waals surface area contributed by atoms with Gasteiger partial charge in [0.1, 0.15) is 0 Å². The van der Waals surface area contributed by atoms with Crippen molar-refractivity contribution < 1.29 is 20.4 Å². The van der Waals surface area contributed by atoms with Crippen LogP contribution in [0.15, 0.2) is 0 Å². The van der Waals surface area contributed by atoms with E-state index in [-0.39, 0.29) is 0 Å². The fraction of sp³-hybridized carbons (Fsp3) is 1.00. The Hall–Kier alpha value is -0.200. The van der Waals surface area contributed by atoms with Crippen molar-refractivity contribution in [2.75, 3.05) is 0 Å². The van der Waals surface area contributed by atoms with Crippen molar-refractivity contribution in [3.8, 4) is 0 Å². The van der Waals surface area contributed by atoms with Gasteiger partial charge in [0, 0.05) is 0 Å². The Labute approximate surface area is 70.6 Å². The van der Waals surface area contributed by atoms with Gasteiger partial charge in [0.25, 0.3) is 0 Å². The van der Waals surface area contributed by atoms with E-state index in [4.69, 9.17) is 20.4 Å². The summed E-state index contributed by atoms with van der Waals surface area (Å²) in [5.74, 6) is 0. The summed E-state index contributed by atoms with van der Waals surface area (Å²) >= 11 is 0. The standard InChI is InChI=1S/C7H15NO4/c9-6(10)4-2-1-3-5(8-4)7(11)12/h4-12H,1-3H2/t4-,5?/m0/s1. The molecule has 0 radical (unpaired) electrons. The molecule has 1 heterocycles. The molecule has 1 aliphatic heterocycles. The summed E-state index contributed by atoms with van der Waals surface area (Å²) in [7, 11) is 0. The Balaban J connectivity index is 2.40. The first-order valence-corrected chi connectivity index (χ1v) is 4.09. The molecule has 5 heteroatoms. The summed E-state index contributed by atoms with van der Waals surface area (Å²) in [5, 5.41) is 38.0. The Bertz CT molecular complexity index is 125. The van der Waals surface area contributed by atoms with Gasteiger partial charge in [-0.25, -0.2) is 0 Å². The molecule has 1 unspecified atom stereocenters. The van der Waals surface area contributed by atoms with Crippen LogP contribution in [0.1, 0.15) is 19.3 Å². The van der Waals surface area contributed by atoms with Gasteiger partial charge < -0.3 is 25.7 Å². The average molecular weight is 177 g/mol. The molecule has 1 saturated heterocycles. The summed E-state index contributed by atoms with van der Waals surface area (Å²) in [6.07, 6.45) is -0.766. The van der Waals surface area contributed by atoms with Crippen molar-refractivity contribution in [1.82, 2.24) is 5.32 Å². The second-order valence-corrected chi connectivity index (χ2v) is 3.14. The Morgan fingerprint density at radius 2 is 1.33 bits per heavy atom. The molecule has 5 N–H and O–H groups in total. The van der Waals surface area contributed by atoms with Crippen LogP contribution in [0.3, 0.4) is 0 Å². The highest BCUT2D eigenvalue weighted by atomic mass is 16.5. The minimum absolute atomic E-state index is 0.439. The highest BCUT2D eigenvalue weighted by Gasteiger charge is 2.28. The molecule has 1 fully saturated rings. The van der Waals surface area contributed by atoms with Crippen LogP contribution < -0.4 is 5.32 Å². The molecule has 1 rings (SSSR count). The third-order valence-corrected chi connectivity index (χ3v) is 2.18. The van der Waals surface area contributed by atoms with Crippen molar-refractivity contribution >= 4 is 0 Å². The minimum Gasteiger partial charge on any atom is -0.367 e. The lowest BCUT2D eigenvalue weighted by atomic mass is 9.98. The SMILES string of the molecule is OC(O)C1CCC[C@@H](C(O)O)N1. The monoisotopic (exact) mass is 177 g/mol. The molecular formula is C7H15NO4. The van der Waals surface area contributed by atoms with Crippen LogP contribution in [0.5, 0.6) is 0 Å². The van der Waals surface area contributed by atoms with Gasteiger partial charge >= 0.3 is 0 Å². The van der Waals surface area contributed by atoms with Crippen LogP contribution in [-0.4, -0.2) is 45.1 Å². The molecule has 2 atom stereocenters. The lowest BCUT2D eigenvalue weighted by Gasteiger charge is -2.32. The van der Waals surface area contributed by atoms with Crippen molar-refractivity contribution in [3.05, 3.63) is 0 Å². The number of aliphatic hydroxyl groups is 4. The van der Waals surface area contributed by atoms with Gasteiger partial charge in [-0.2, -0.15) is 0 Å². The number of rotatable bonds is 2. The number of piperidine rings is 1. The van der Waals surface area contributed by atoms with Crippen LogP contribution in [-0.2, 0) is 0 Å². The van der Waals surface area contributed by atoms with Gasteiger partial charge in [0.2, 0.25) is 0 Å². The summed E-state index contributed by atoms with van der Waals surface area (Å²) in [6.45, 7) is 0. The van der Waals surface area contributed by atoms with Crippen LogP contribution in [0.25, 0.3) is 0 Å². The smallest absolute Gasteiger partial charge is 0.167 e. The third-order valence-electron chi connectivity index (χ3n) is 2.18. The van der Waals surface area contributed by atoms with Gasteiger partial charge in [-0.3, -0.25) is 0 Å². The quantitative estimate of drug-likeness (QED) is 0.318. The highest BCUT2D eigenvalue weighted by molar-refractivity contribution is 4.82. The Kier molecular flexibility index (Phi) is 3.42. The fourth-order valence-electron chi connectivity index (χ4n) is 1.47. The first-order valence-electron chi connectivity index (χ1n) is 4.09. The van der Waals surface area contributed by atoms with E-state index >= 15 is 0 Å². The molecule has 0 amide bonds. The number of nitrogens with one attached hydrogen (secondary N) is 1. The molecule has 72 valence electrons. The maximum Gasteiger partial charge on any atom is 0.167 e. The summed E-state index contributed by atoms with van der Waals surface area (Å²) in [5.41, 5.74) is 0. The predicted molar refractivity (Wildman–Crippen MR) is 41.0 cm³/mol. The molecule has 0 aromatic carbocycles. The first-order chi connectivity index (χ1) is 5.61. The molecule has 0 aliphatic carbocycles. The lowest BCUT2D eigenvalue weighted by molar-refractivity contribution is -0.109. The second-order valence-electron chi connectivity index (χ2n) is 3.14. The van der Waals surface area contributed by atoms with Crippen LogP contribution in [0.4, 0.5) is 0 Å². The molecule has 0 aromatic rings. The van der Waals surface area contributed by atoms with E-state index < -0.39 is 24.7 Å². The molecule has 0 spiro atoms. The average Bonchev–Trinajstić information content (AvgIpc) is 2.04. The van der Waals surface area contributed by atoms with E-state index in [0.29, 0.717) is 12.8 Å². The van der Waals surface area contributed by atoms with Gasteiger partial charge in [-0.05, 0) is 19.3 Å². The number of hydrogen-bond acceptors (Lipinski definition) is 5. The second kappa shape index (κ2) is 4.15. The van der Waals surface area contributed by atoms with Crippen LogP contribution in [0.2, 0.25) is 0 Å². The molecule has 5 nitrogen and oxygen atoms in total. The van der Waals surface area contributed by atoms with Crippen LogP contribution >= 0.6 is 0 Å². The van der Waals surface area contributed by atoms with E-state index in [0.717, 1.165) is 6.42 Å². The Morgan fingerprint density at radius 3 is 1.67 bits per heavy atom. The van der Waals surface area contributed by atoms with Crippen molar-refractivity contribution in [1.29, 1.82) is 0 Å². The summed E-state index contributed by atoms with van der Waals surface area (Å²) < 4.78 is 0. The normalized spacial score (nSPS) is 31.5. The van der Waals surface area contributed by atoms with Gasteiger partial charge in [0.05, 0.1) is 12.1 Å². The largest absolute Gasteiger partial charge is 0.367 e. The lowest BCUT2D eigenvalue weighted by Crippen LogP contribution is -2.53.